The third kappa shape index (κ3) is 3.20. The largest absolute Gasteiger partial charge is 0.294 e. The molecule has 1 unspecified atom stereocenters. The highest BCUT2D eigenvalue weighted by atomic mass is 19.1. The zero-order chi connectivity index (χ0) is 19.0. The SMILES string of the molecule is CCc1ccc(N2C(=O)CC(c3cccc(F)c3)C3=C2CCCC3=O)cc1. The molecule has 0 N–H and O–H groups in total. The van der Waals surface area contributed by atoms with Crippen LogP contribution in [0.3, 0.4) is 0 Å². The number of rotatable bonds is 3. The van der Waals surface area contributed by atoms with Gasteiger partial charge in [0.05, 0.1) is 0 Å². The van der Waals surface area contributed by atoms with E-state index in [-0.39, 0.29) is 29.8 Å². The van der Waals surface area contributed by atoms with Crippen LogP contribution < -0.4 is 4.90 Å². The molecule has 0 radical (unpaired) electrons. The summed E-state index contributed by atoms with van der Waals surface area (Å²) in [5.41, 5.74) is 4.19. The molecule has 138 valence electrons. The summed E-state index contributed by atoms with van der Waals surface area (Å²) in [6.07, 6.45) is 3.03. The lowest BCUT2D eigenvalue weighted by Gasteiger charge is -2.38. The zero-order valence-electron chi connectivity index (χ0n) is 15.4. The normalized spacial score (nSPS) is 20.1. The summed E-state index contributed by atoms with van der Waals surface area (Å²) in [6, 6.07) is 14.2. The highest BCUT2D eigenvalue weighted by molar-refractivity contribution is 6.07. The minimum atomic E-state index is -0.359. The topological polar surface area (TPSA) is 37.4 Å². The molecule has 1 aliphatic carbocycles. The average Bonchev–Trinajstić information content (AvgIpc) is 2.68. The molecule has 1 amide bonds. The van der Waals surface area contributed by atoms with E-state index in [1.165, 1.54) is 17.7 Å². The van der Waals surface area contributed by atoms with Crippen LogP contribution in [0.15, 0.2) is 59.8 Å². The molecule has 2 aliphatic rings. The molecule has 4 rings (SSSR count). The summed E-state index contributed by atoms with van der Waals surface area (Å²) >= 11 is 0. The predicted molar refractivity (Wildman–Crippen MR) is 103 cm³/mol. The van der Waals surface area contributed by atoms with Crippen molar-refractivity contribution in [1.82, 2.24) is 0 Å². The highest BCUT2D eigenvalue weighted by Crippen LogP contribution is 2.43. The predicted octanol–water partition coefficient (Wildman–Crippen LogP) is 4.92. The number of carbonyl (C=O) groups is 2. The molecular weight excluding hydrogens is 341 g/mol. The number of allylic oxidation sites excluding steroid dienone is 2. The molecule has 3 nitrogen and oxygen atoms in total. The molecule has 1 atom stereocenters. The maximum Gasteiger partial charge on any atom is 0.232 e. The molecule has 1 aliphatic heterocycles. The van der Waals surface area contributed by atoms with E-state index in [1.54, 1.807) is 17.0 Å². The molecule has 0 aromatic heterocycles. The summed E-state index contributed by atoms with van der Waals surface area (Å²) in [4.78, 5) is 27.6. The van der Waals surface area contributed by atoms with E-state index in [4.69, 9.17) is 0 Å². The van der Waals surface area contributed by atoms with Crippen molar-refractivity contribution in [3.8, 4) is 0 Å². The van der Waals surface area contributed by atoms with Crippen molar-refractivity contribution < 1.29 is 14.0 Å². The van der Waals surface area contributed by atoms with Gasteiger partial charge in [0.25, 0.3) is 0 Å². The summed E-state index contributed by atoms with van der Waals surface area (Å²) in [5, 5.41) is 0. The number of aryl methyl sites for hydroxylation is 1. The number of ketones is 1. The second-order valence-corrected chi connectivity index (χ2v) is 7.20. The third-order valence-corrected chi connectivity index (χ3v) is 5.53. The first-order valence-corrected chi connectivity index (χ1v) is 9.52. The van der Waals surface area contributed by atoms with Gasteiger partial charge >= 0.3 is 0 Å². The number of hydrogen-bond donors (Lipinski definition) is 0. The Morgan fingerprint density at radius 2 is 1.85 bits per heavy atom. The molecule has 1 heterocycles. The van der Waals surface area contributed by atoms with Crippen molar-refractivity contribution in [2.45, 2.75) is 44.9 Å². The molecule has 0 saturated heterocycles. The monoisotopic (exact) mass is 363 g/mol. The molecule has 27 heavy (non-hydrogen) atoms. The molecule has 2 aromatic rings. The van der Waals surface area contributed by atoms with Crippen molar-refractivity contribution in [3.63, 3.8) is 0 Å². The van der Waals surface area contributed by atoms with Crippen molar-refractivity contribution in [3.05, 3.63) is 76.7 Å². The second kappa shape index (κ2) is 7.10. The van der Waals surface area contributed by atoms with Gasteiger partial charge in [-0.2, -0.15) is 0 Å². The van der Waals surface area contributed by atoms with Crippen molar-refractivity contribution in [2.24, 2.45) is 0 Å². The average molecular weight is 363 g/mol. The van der Waals surface area contributed by atoms with Crippen LogP contribution in [-0.2, 0) is 16.0 Å². The van der Waals surface area contributed by atoms with Gasteiger partial charge in [-0.05, 0) is 54.7 Å². The third-order valence-electron chi connectivity index (χ3n) is 5.53. The van der Waals surface area contributed by atoms with Crippen LogP contribution in [0.1, 0.15) is 49.7 Å². The maximum atomic E-state index is 13.8. The van der Waals surface area contributed by atoms with Gasteiger partial charge in [0.15, 0.2) is 5.78 Å². The van der Waals surface area contributed by atoms with E-state index in [2.05, 4.69) is 6.92 Å². The van der Waals surface area contributed by atoms with Gasteiger partial charge in [-0.1, -0.05) is 31.2 Å². The van der Waals surface area contributed by atoms with Crippen LogP contribution in [0.2, 0.25) is 0 Å². The Bertz CT molecular complexity index is 930. The Hall–Kier alpha value is -2.75. The minimum Gasteiger partial charge on any atom is -0.294 e. The van der Waals surface area contributed by atoms with Gasteiger partial charge in [-0.25, -0.2) is 4.39 Å². The number of halogens is 1. The first-order valence-electron chi connectivity index (χ1n) is 9.52. The number of amides is 1. The van der Waals surface area contributed by atoms with Gasteiger partial charge < -0.3 is 0 Å². The van der Waals surface area contributed by atoms with Crippen LogP contribution in [0.25, 0.3) is 0 Å². The molecule has 0 saturated carbocycles. The van der Waals surface area contributed by atoms with Gasteiger partial charge in [0.1, 0.15) is 5.82 Å². The van der Waals surface area contributed by atoms with Crippen molar-refractivity contribution >= 4 is 17.4 Å². The fourth-order valence-electron chi connectivity index (χ4n) is 4.18. The summed E-state index contributed by atoms with van der Waals surface area (Å²) in [7, 11) is 0. The first kappa shape index (κ1) is 17.7. The number of benzene rings is 2. The number of carbonyl (C=O) groups excluding carboxylic acids is 2. The first-order chi connectivity index (χ1) is 13.1. The Morgan fingerprint density at radius 1 is 1.07 bits per heavy atom. The second-order valence-electron chi connectivity index (χ2n) is 7.20. The Morgan fingerprint density at radius 3 is 2.56 bits per heavy atom. The molecule has 0 spiro atoms. The molecule has 0 bridgehead atoms. The maximum absolute atomic E-state index is 13.8. The lowest BCUT2D eigenvalue weighted by molar-refractivity contribution is -0.119. The quantitative estimate of drug-likeness (QED) is 0.776. The summed E-state index contributed by atoms with van der Waals surface area (Å²) < 4.78 is 13.8. The van der Waals surface area contributed by atoms with Gasteiger partial charge in [0, 0.05) is 35.7 Å². The Kier molecular flexibility index (Phi) is 4.65. The molecule has 2 aromatic carbocycles. The fraction of sp³-hybridized carbons (Fsp3) is 0.304. The Balaban J connectivity index is 1.83. The van der Waals surface area contributed by atoms with E-state index in [0.29, 0.717) is 24.0 Å². The highest BCUT2D eigenvalue weighted by Gasteiger charge is 2.39. The summed E-state index contributed by atoms with van der Waals surface area (Å²) in [5.74, 6) is -0.666. The molecule has 0 fully saturated rings. The minimum absolute atomic E-state index is 0.0399. The van der Waals surface area contributed by atoms with Crippen LogP contribution in [-0.4, -0.2) is 11.7 Å². The van der Waals surface area contributed by atoms with E-state index >= 15 is 0 Å². The van der Waals surface area contributed by atoms with Crippen molar-refractivity contribution in [2.75, 3.05) is 4.90 Å². The van der Waals surface area contributed by atoms with Gasteiger partial charge in [0.2, 0.25) is 5.91 Å². The van der Waals surface area contributed by atoms with Gasteiger partial charge in [-0.15, -0.1) is 0 Å². The zero-order valence-corrected chi connectivity index (χ0v) is 15.4. The van der Waals surface area contributed by atoms with Crippen LogP contribution in [0.4, 0.5) is 10.1 Å². The smallest absolute Gasteiger partial charge is 0.232 e. The number of anilines is 1. The number of nitrogens with zero attached hydrogens (tertiary/aromatic N) is 1. The summed E-state index contributed by atoms with van der Waals surface area (Å²) in [6.45, 7) is 2.09. The van der Waals surface area contributed by atoms with E-state index in [1.807, 2.05) is 24.3 Å². The standard InChI is InChI=1S/C23H22FNO2/c1-2-15-9-11-18(12-10-15)25-20-7-4-8-21(26)23(20)19(14-22(25)27)16-5-3-6-17(24)13-16/h3,5-6,9-13,19H,2,4,7-8,14H2,1H3. The van der Waals surface area contributed by atoms with Gasteiger partial charge in [-0.3, -0.25) is 14.5 Å². The Labute approximate surface area is 158 Å². The molecular formula is C23H22FNO2. The van der Waals surface area contributed by atoms with E-state index in [9.17, 15) is 14.0 Å². The lowest BCUT2D eigenvalue weighted by atomic mass is 9.77. The van der Waals surface area contributed by atoms with Crippen LogP contribution in [0.5, 0.6) is 0 Å². The van der Waals surface area contributed by atoms with Crippen LogP contribution >= 0.6 is 0 Å². The van der Waals surface area contributed by atoms with E-state index in [0.717, 1.165) is 24.2 Å². The fourth-order valence-corrected chi connectivity index (χ4v) is 4.18. The van der Waals surface area contributed by atoms with E-state index < -0.39 is 0 Å². The van der Waals surface area contributed by atoms with Crippen LogP contribution in [0, 0.1) is 5.82 Å². The lowest BCUT2D eigenvalue weighted by Crippen LogP contribution is -2.40. The van der Waals surface area contributed by atoms with Crippen molar-refractivity contribution in [1.29, 1.82) is 0 Å². The number of hydrogen-bond acceptors (Lipinski definition) is 2. The molecule has 4 heteroatoms. The number of Topliss-reactive ketones (excluding diaryl/α,β-unsaturated/α-hetero) is 1.